The number of hydrogen-bond acceptors (Lipinski definition) is 2. The molecule has 10 aromatic rings. The van der Waals surface area contributed by atoms with Gasteiger partial charge in [0, 0.05) is 22.1 Å². The first-order valence-corrected chi connectivity index (χ1v) is 20.4. The molecule has 1 aliphatic rings. The van der Waals surface area contributed by atoms with Crippen molar-refractivity contribution in [2.24, 2.45) is 0 Å². The van der Waals surface area contributed by atoms with Gasteiger partial charge in [0.05, 0.1) is 11.4 Å². The van der Waals surface area contributed by atoms with Crippen LogP contribution in [0.4, 0.5) is 0 Å². The SMILES string of the molecule is CC1(C)c2cc(-c3ccc(-c4nc(-c5ccccc5)cc(-c5cccc(-c6ccc(-c7ccccc7)cc6)c5)n4)c4ccccc34)ccc2-c2c1ccc1ccccc21. The first-order valence-electron chi connectivity index (χ1n) is 20.4. The van der Waals surface area contributed by atoms with Crippen LogP contribution in [0.2, 0.25) is 0 Å². The lowest BCUT2D eigenvalue weighted by atomic mass is 9.81. The van der Waals surface area contributed by atoms with E-state index in [1.165, 1.54) is 60.7 Å². The lowest BCUT2D eigenvalue weighted by molar-refractivity contribution is 0.661. The molecule has 0 N–H and O–H groups in total. The Labute approximate surface area is 345 Å². The molecule has 0 radical (unpaired) electrons. The Morgan fingerprint density at radius 2 is 0.847 bits per heavy atom. The molecule has 0 saturated heterocycles. The van der Waals surface area contributed by atoms with Crippen LogP contribution in [0.1, 0.15) is 25.0 Å². The zero-order valence-electron chi connectivity index (χ0n) is 33.0. The summed E-state index contributed by atoms with van der Waals surface area (Å²) in [6.45, 7) is 4.73. The van der Waals surface area contributed by atoms with E-state index in [0.717, 1.165) is 44.6 Å². The molecule has 2 heteroatoms. The number of aromatic nitrogens is 2. The number of rotatable bonds is 6. The summed E-state index contributed by atoms with van der Waals surface area (Å²) < 4.78 is 0. The van der Waals surface area contributed by atoms with Crippen LogP contribution in [0, 0.1) is 0 Å². The van der Waals surface area contributed by atoms with Crippen molar-refractivity contribution in [3.63, 3.8) is 0 Å². The van der Waals surface area contributed by atoms with Crippen molar-refractivity contribution in [3.8, 4) is 78.4 Å². The molecular formula is C57H40N2. The Morgan fingerprint density at radius 1 is 0.322 bits per heavy atom. The van der Waals surface area contributed by atoms with E-state index in [1.54, 1.807) is 0 Å². The topological polar surface area (TPSA) is 25.8 Å². The smallest absolute Gasteiger partial charge is 0.161 e. The summed E-state index contributed by atoms with van der Waals surface area (Å²) in [6, 6.07) is 74.2. The van der Waals surface area contributed by atoms with Crippen molar-refractivity contribution < 1.29 is 0 Å². The van der Waals surface area contributed by atoms with Crippen molar-refractivity contribution in [3.05, 3.63) is 217 Å². The average Bonchev–Trinajstić information content (AvgIpc) is 3.54. The molecule has 0 unspecified atom stereocenters. The molecule has 0 atom stereocenters. The van der Waals surface area contributed by atoms with E-state index in [-0.39, 0.29) is 5.41 Å². The Hall–Kier alpha value is -7.42. The van der Waals surface area contributed by atoms with Gasteiger partial charge in [0.25, 0.3) is 0 Å². The first-order chi connectivity index (χ1) is 29.0. The van der Waals surface area contributed by atoms with Crippen LogP contribution in [0.5, 0.6) is 0 Å². The molecule has 0 saturated carbocycles. The monoisotopic (exact) mass is 752 g/mol. The number of fused-ring (bicyclic) bond motifs is 6. The van der Waals surface area contributed by atoms with Gasteiger partial charge in [-0.1, -0.05) is 196 Å². The van der Waals surface area contributed by atoms with Gasteiger partial charge < -0.3 is 0 Å². The van der Waals surface area contributed by atoms with E-state index < -0.39 is 0 Å². The molecule has 0 spiro atoms. The van der Waals surface area contributed by atoms with Crippen molar-refractivity contribution in [1.29, 1.82) is 0 Å². The standard InChI is InChI=1S/C57H40N2/c1-57(2)51-33-29-40-16-9-10-21-46(40)55(51)50-30-28-43(35-52(50)57)45-31-32-49(48-23-12-11-22-47(45)48)56-58-53(41-17-7-4-8-18-41)36-54(59-56)44-20-13-19-42(34-44)39-26-24-38(25-27-39)37-14-5-3-6-15-37/h3-36H,1-2H3. The van der Waals surface area contributed by atoms with Crippen LogP contribution in [-0.4, -0.2) is 9.97 Å². The predicted molar refractivity (Wildman–Crippen MR) is 247 cm³/mol. The van der Waals surface area contributed by atoms with E-state index in [2.05, 4.69) is 214 Å². The summed E-state index contributed by atoms with van der Waals surface area (Å²) in [4.78, 5) is 10.6. The summed E-state index contributed by atoms with van der Waals surface area (Å²) in [5.41, 5.74) is 17.4. The van der Waals surface area contributed by atoms with Gasteiger partial charge in [-0.3, -0.25) is 0 Å². The van der Waals surface area contributed by atoms with Crippen molar-refractivity contribution in [1.82, 2.24) is 9.97 Å². The second-order valence-corrected chi connectivity index (χ2v) is 16.2. The quantitative estimate of drug-likeness (QED) is 0.169. The molecule has 0 bridgehead atoms. The summed E-state index contributed by atoms with van der Waals surface area (Å²) in [5.74, 6) is 0.708. The lowest BCUT2D eigenvalue weighted by Gasteiger charge is -2.22. The minimum atomic E-state index is -0.120. The van der Waals surface area contributed by atoms with Gasteiger partial charge in [0.2, 0.25) is 0 Å². The maximum Gasteiger partial charge on any atom is 0.161 e. The van der Waals surface area contributed by atoms with E-state index in [4.69, 9.17) is 9.97 Å². The maximum absolute atomic E-state index is 5.34. The highest BCUT2D eigenvalue weighted by molar-refractivity contribution is 6.06. The molecule has 59 heavy (non-hydrogen) atoms. The second-order valence-electron chi connectivity index (χ2n) is 16.2. The minimum Gasteiger partial charge on any atom is -0.228 e. The average molecular weight is 753 g/mol. The van der Waals surface area contributed by atoms with Gasteiger partial charge in [-0.05, 0) is 101 Å². The van der Waals surface area contributed by atoms with Crippen LogP contribution in [0.3, 0.4) is 0 Å². The highest BCUT2D eigenvalue weighted by atomic mass is 14.9. The molecular weight excluding hydrogens is 713 g/mol. The number of hydrogen-bond donors (Lipinski definition) is 0. The molecule has 278 valence electrons. The van der Waals surface area contributed by atoms with Crippen LogP contribution >= 0.6 is 0 Å². The van der Waals surface area contributed by atoms with E-state index in [1.807, 2.05) is 6.07 Å². The van der Waals surface area contributed by atoms with Gasteiger partial charge >= 0.3 is 0 Å². The zero-order valence-corrected chi connectivity index (χ0v) is 33.0. The molecule has 0 amide bonds. The van der Waals surface area contributed by atoms with Gasteiger partial charge in [-0.2, -0.15) is 0 Å². The molecule has 9 aromatic carbocycles. The molecule has 1 aliphatic carbocycles. The first kappa shape index (κ1) is 34.8. The Bertz CT molecular complexity index is 3220. The van der Waals surface area contributed by atoms with Crippen LogP contribution in [0.15, 0.2) is 206 Å². The molecule has 0 fully saturated rings. The number of benzene rings is 9. The fourth-order valence-electron chi connectivity index (χ4n) is 9.24. The van der Waals surface area contributed by atoms with Gasteiger partial charge in [-0.15, -0.1) is 0 Å². The molecule has 1 aromatic heterocycles. The van der Waals surface area contributed by atoms with Gasteiger partial charge in [0.1, 0.15) is 0 Å². The predicted octanol–water partition coefficient (Wildman–Crippen LogP) is 15.1. The van der Waals surface area contributed by atoms with E-state index in [9.17, 15) is 0 Å². The number of nitrogens with zero attached hydrogens (tertiary/aromatic N) is 2. The zero-order chi connectivity index (χ0) is 39.5. The molecule has 0 aliphatic heterocycles. The van der Waals surface area contributed by atoms with Crippen molar-refractivity contribution in [2.75, 3.05) is 0 Å². The Balaban J connectivity index is 1.02. The van der Waals surface area contributed by atoms with Crippen LogP contribution in [-0.2, 0) is 5.41 Å². The summed E-state index contributed by atoms with van der Waals surface area (Å²) in [5, 5.41) is 4.91. The third-order valence-corrected chi connectivity index (χ3v) is 12.3. The highest BCUT2D eigenvalue weighted by Gasteiger charge is 2.36. The normalized spacial score (nSPS) is 12.7. The van der Waals surface area contributed by atoms with Crippen molar-refractivity contribution >= 4 is 21.5 Å². The van der Waals surface area contributed by atoms with Gasteiger partial charge in [-0.25, -0.2) is 9.97 Å². The Morgan fingerprint density at radius 3 is 1.59 bits per heavy atom. The van der Waals surface area contributed by atoms with E-state index >= 15 is 0 Å². The summed E-state index contributed by atoms with van der Waals surface area (Å²) in [7, 11) is 0. The molecule has 2 nitrogen and oxygen atoms in total. The fraction of sp³-hybridized carbons (Fsp3) is 0.0526. The minimum absolute atomic E-state index is 0.120. The third-order valence-electron chi connectivity index (χ3n) is 12.3. The van der Waals surface area contributed by atoms with Crippen molar-refractivity contribution in [2.45, 2.75) is 19.3 Å². The second kappa shape index (κ2) is 13.9. The van der Waals surface area contributed by atoms with Gasteiger partial charge in [0.15, 0.2) is 5.82 Å². The maximum atomic E-state index is 5.34. The summed E-state index contributed by atoms with van der Waals surface area (Å²) in [6.07, 6.45) is 0. The third kappa shape index (κ3) is 5.96. The highest BCUT2D eigenvalue weighted by Crippen LogP contribution is 2.52. The molecule has 1 heterocycles. The molecule has 11 rings (SSSR count). The summed E-state index contributed by atoms with van der Waals surface area (Å²) >= 11 is 0. The lowest BCUT2D eigenvalue weighted by Crippen LogP contribution is -2.15. The van der Waals surface area contributed by atoms with Crippen LogP contribution in [0.25, 0.3) is 100.0 Å². The largest absolute Gasteiger partial charge is 0.228 e. The fourth-order valence-corrected chi connectivity index (χ4v) is 9.24. The van der Waals surface area contributed by atoms with E-state index in [0.29, 0.717) is 5.82 Å². The van der Waals surface area contributed by atoms with Crippen LogP contribution < -0.4 is 0 Å². The Kier molecular flexibility index (Phi) is 8.20.